The van der Waals surface area contributed by atoms with Gasteiger partial charge in [0.1, 0.15) is 9.84 Å². The lowest BCUT2D eigenvalue weighted by Gasteiger charge is -1.98. The Morgan fingerprint density at radius 1 is 1.42 bits per heavy atom. The van der Waals surface area contributed by atoms with E-state index in [0.29, 0.717) is 22.8 Å². The van der Waals surface area contributed by atoms with Gasteiger partial charge in [0, 0.05) is 17.7 Å². The monoisotopic (exact) mass is 301 g/mol. The lowest BCUT2D eigenvalue weighted by molar-refractivity contribution is 0.600. The van der Waals surface area contributed by atoms with E-state index in [1.807, 2.05) is 0 Å². The van der Waals surface area contributed by atoms with Crippen LogP contribution in [0.1, 0.15) is 6.42 Å². The van der Waals surface area contributed by atoms with Crippen LogP contribution in [0.5, 0.6) is 0 Å². The van der Waals surface area contributed by atoms with Crippen LogP contribution >= 0.6 is 0 Å². The predicted molar refractivity (Wildman–Crippen MR) is 76.1 cm³/mol. The molecule has 6 nitrogen and oxygen atoms in total. The second-order valence-electron chi connectivity index (χ2n) is 4.35. The molecule has 0 aliphatic carbocycles. The first-order valence-corrected chi connectivity index (χ1v) is 9.04. The van der Waals surface area contributed by atoms with Crippen molar-refractivity contribution in [2.45, 2.75) is 11.6 Å². The number of hydrogen-bond acceptors (Lipinski definition) is 5. The Hall–Kier alpha value is -1.41. The molecule has 2 aromatic rings. The molecule has 1 heterocycles. The lowest BCUT2D eigenvalue weighted by atomic mass is 10.3. The van der Waals surface area contributed by atoms with Gasteiger partial charge in [-0.1, -0.05) is 0 Å². The Morgan fingerprint density at radius 2 is 2.16 bits per heavy atom. The number of imidazole rings is 1. The number of fused-ring (bicyclic) bond motifs is 1. The van der Waals surface area contributed by atoms with Gasteiger partial charge in [0.15, 0.2) is 5.16 Å². The molecule has 1 aromatic heterocycles. The second-order valence-corrected chi connectivity index (χ2v) is 8.10. The molecule has 0 saturated carbocycles. The van der Waals surface area contributed by atoms with Crippen LogP contribution < -0.4 is 5.73 Å². The van der Waals surface area contributed by atoms with Gasteiger partial charge in [-0.25, -0.2) is 13.4 Å². The number of hydrogen-bond donors (Lipinski definition) is 2. The lowest BCUT2D eigenvalue weighted by Crippen LogP contribution is -2.08. The Bertz CT molecular complexity index is 722. The summed E-state index contributed by atoms with van der Waals surface area (Å²) >= 11 is 0. The van der Waals surface area contributed by atoms with Crippen LogP contribution in [0.2, 0.25) is 0 Å². The molecule has 0 saturated heterocycles. The Morgan fingerprint density at radius 3 is 2.84 bits per heavy atom. The summed E-state index contributed by atoms with van der Waals surface area (Å²) in [5.41, 5.74) is 7.67. The minimum atomic E-state index is -3.01. The van der Waals surface area contributed by atoms with Crippen molar-refractivity contribution in [1.82, 2.24) is 9.97 Å². The van der Waals surface area contributed by atoms with Crippen molar-refractivity contribution in [3.05, 3.63) is 18.2 Å². The Balaban J connectivity index is 2.09. The summed E-state index contributed by atoms with van der Waals surface area (Å²) in [6, 6.07) is 5.19. The normalized spacial score (nSPS) is 13.7. The minimum absolute atomic E-state index is 0.0336. The number of aromatic amines is 1. The summed E-state index contributed by atoms with van der Waals surface area (Å²) in [4.78, 5) is 7.15. The quantitative estimate of drug-likeness (QED) is 0.790. The van der Waals surface area contributed by atoms with Gasteiger partial charge < -0.3 is 10.7 Å². The van der Waals surface area contributed by atoms with E-state index in [1.165, 1.54) is 6.26 Å². The average Bonchev–Trinajstić information content (AvgIpc) is 2.70. The van der Waals surface area contributed by atoms with Gasteiger partial charge in [0.2, 0.25) is 0 Å². The molecule has 3 N–H and O–H groups in total. The average molecular weight is 301 g/mol. The molecule has 8 heteroatoms. The maximum atomic E-state index is 12.0. The van der Waals surface area contributed by atoms with E-state index in [9.17, 15) is 12.6 Å². The van der Waals surface area contributed by atoms with Crippen LogP contribution in [0.15, 0.2) is 23.4 Å². The largest absolute Gasteiger partial charge is 0.399 e. The molecule has 1 atom stereocenters. The second kappa shape index (κ2) is 5.30. The number of sulfone groups is 1. The van der Waals surface area contributed by atoms with Crippen molar-refractivity contribution in [2.24, 2.45) is 0 Å². The van der Waals surface area contributed by atoms with Gasteiger partial charge in [0.25, 0.3) is 0 Å². The molecule has 2 rings (SSSR count). The van der Waals surface area contributed by atoms with Crippen LogP contribution in [0.4, 0.5) is 5.69 Å². The zero-order chi connectivity index (χ0) is 14.0. The van der Waals surface area contributed by atoms with E-state index in [1.54, 1.807) is 18.2 Å². The van der Waals surface area contributed by atoms with Crippen molar-refractivity contribution in [2.75, 3.05) is 23.5 Å². The first kappa shape index (κ1) is 14.0. The molecule has 0 spiro atoms. The molecule has 0 aliphatic heterocycles. The molecule has 0 bridgehead atoms. The van der Waals surface area contributed by atoms with E-state index >= 15 is 0 Å². The number of nitrogens with one attached hydrogen (secondary N) is 1. The smallest absolute Gasteiger partial charge is 0.197 e. The number of aromatic nitrogens is 2. The molecular formula is C11H15N3O3S2. The highest BCUT2D eigenvalue weighted by Gasteiger charge is 2.11. The summed E-state index contributed by atoms with van der Waals surface area (Å²) in [5, 5.41) is 0.356. The van der Waals surface area contributed by atoms with Gasteiger partial charge in [-0.3, -0.25) is 4.21 Å². The molecule has 0 aliphatic rings. The topological polar surface area (TPSA) is 106 Å². The number of benzene rings is 1. The molecular weight excluding hydrogens is 286 g/mol. The van der Waals surface area contributed by atoms with E-state index < -0.39 is 20.6 Å². The maximum absolute atomic E-state index is 12.0. The van der Waals surface area contributed by atoms with E-state index in [0.717, 1.165) is 5.52 Å². The van der Waals surface area contributed by atoms with E-state index in [4.69, 9.17) is 5.73 Å². The van der Waals surface area contributed by atoms with Crippen molar-refractivity contribution < 1.29 is 12.6 Å². The van der Waals surface area contributed by atoms with Crippen LogP contribution in [-0.4, -0.2) is 40.4 Å². The van der Waals surface area contributed by atoms with Crippen LogP contribution in [0.25, 0.3) is 11.0 Å². The summed E-state index contributed by atoms with van der Waals surface area (Å²) in [7, 11) is -4.34. The van der Waals surface area contributed by atoms with E-state index in [2.05, 4.69) is 9.97 Å². The summed E-state index contributed by atoms with van der Waals surface area (Å²) < 4.78 is 34.0. The standard InChI is InChI=1S/C11H15N3O3S2/c1-19(16,17)6-2-5-18(15)11-13-9-4-3-8(12)7-10(9)14-11/h3-4,7H,2,5-6,12H2,1H3,(H,13,14). The first-order chi connectivity index (χ1) is 8.85. The number of rotatable bonds is 5. The molecule has 0 radical (unpaired) electrons. The zero-order valence-corrected chi connectivity index (χ0v) is 12.1. The SMILES string of the molecule is CS(=O)(=O)CCCS(=O)c1nc2ccc(N)cc2[nH]1. The van der Waals surface area contributed by atoms with Crippen molar-refractivity contribution in [3.8, 4) is 0 Å². The third kappa shape index (κ3) is 3.77. The van der Waals surface area contributed by atoms with Gasteiger partial charge in [-0.15, -0.1) is 0 Å². The highest BCUT2D eigenvalue weighted by Crippen LogP contribution is 2.16. The Kier molecular flexibility index (Phi) is 3.91. The van der Waals surface area contributed by atoms with Gasteiger partial charge in [0.05, 0.1) is 27.6 Å². The maximum Gasteiger partial charge on any atom is 0.197 e. The highest BCUT2D eigenvalue weighted by molar-refractivity contribution is 7.90. The number of anilines is 1. The fourth-order valence-electron chi connectivity index (χ4n) is 1.66. The van der Waals surface area contributed by atoms with Crippen LogP contribution in [-0.2, 0) is 20.6 Å². The number of nitrogen functional groups attached to an aromatic ring is 1. The fraction of sp³-hybridized carbons (Fsp3) is 0.364. The number of nitrogens with two attached hydrogens (primary N) is 1. The van der Waals surface area contributed by atoms with Crippen LogP contribution in [0, 0.1) is 0 Å². The van der Waals surface area contributed by atoms with Gasteiger partial charge >= 0.3 is 0 Å². The minimum Gasteiger partial charge on any atom is -0.399 e. The summed E-state index contributed by atoms with van der Waals surface area (Å²) in [6.07, 6.45) is 1.52. The van der Waals surface area contributed by atoms with Crippen molar-refractivity contribution in [3.63, 3.8) is 0 Å². The van der Waals surface area contributed by atoms with Crippen molar-refractivity contribution >= 4 is 37.4 Å². The van der Waals surface area contributed by atoms with Crippen LogP contribution in [0.3, 0.4) is 0 Å². The zero-order valence-electron chi connectivity index (χ0n) is 10.4. The highest BCUT2D eigenvalue weighted by atomic mass is 32.2. The molecule has 104 valence electrons. The van der Waals surface area contributed by atoms with Crippen molar-refractivity contribution in [1.29, 1.82) is 0 Å². The number of nitrogens with zero attached hydrogens (tertiary/aromatic N) is 1. The van der Waals surface area contributed by atoms with E-state index in [-0.39, 0.29) is 11.5 Å². The molecule has 0 fully saturated rings. The fourth-order valence-corrected chi connectivity index (χ4v) is 3.54. The Labute approximate surface area is 113 Å². The first-order valence-electron chi connectivity index (χ1n) is 5.66. The summed E-state index contributed by atoms with van der Waals surface area (Å²) in [5.74, 6) is 0.300. The van der Waals surface area contributed by atoms with Gasteiger partial charge in [-0.05, 0) is 24.6 Å². The molecule has 1 unspecified atom stereocenters. The third-order valence-corrected chi connectivity index (χ3v) is 4.86. The van der Waals surface area contributed by atoms with Gasteiger partial charge in [-0.2, -0.15) is 0 Å². The molecule has 1 aromatic carbocycles. The number of H-pyrrole nitrogens is 1. The molecule has 19 heavy (non-hydrogen) atoms. The third-order valence-electron chi connectivity index (χ3n) is 2.54. The predicted octanol–water partition coefficient (Wildman–Crippen LogP) is 0.687. The summed E-state index contributed by atoms with van der Waals surface area (Å²) in [6.45, 7) is 0. The molecule has 0 amide bonds.